The third-order valence-electron chi connectivity index (χ3n) is 3.62. The first-order chi connectivity index (χ1) is 10.7. The molecule has 2 amide bonds. The van der Waals surface area contributed by atoms with Crippen LogP contribution in [0.15, 0.2) is 30.3 Å². The van der Waals surface area contributed by atoms with Crippen LogP contribution < -0.4 is 10.1 Å². The number of rotatable bonds is 6. The van der Waals surface area contributed by atoms with Crippen molar-refractivity contribution in [3.63, 3.8) is 0 Å². The van der Waals surface area contributed by atoms with E-state index in [-0.39, 0.29) is 11.8 Å². The highest BCUT2D eigenvalue weighted by Crippen LogP contribution is 2.13. The zero-order chi connectivity index (χ0) is 15.8. The molecule has 1 aliphatic rings. The second-order valence-electron chi connectivity index (χ2n) is 5.24. The number of ether oxygens (including phenoxy) is 1. The van der Waals surface area contributed by atoms with Crippen molar-refractivity contribution in [3.8, 4) is 5.75 Å². The van der Waals surface area contributed by atoms with Crippen LogP contribution in [0.25, 0.3) is 6.08 Å². The third-order valence-corrected chi connectivity index (χ3v) is 3.62. The van der Waals surface area contributed by atoms with Crippen LogP contribution in [0.1, 0.15) is 24.8 Å². The fourth-order valence-corrected chi connectivity index (χ4v) is 2.39. The Labute approximate surface area is 130 Å². The second-order valence-corrected chi connectivity index (χ2v) is 5.24. The lowest BCUT2D eigenvalue weighted by Gasteiger charge is -2.14. The molecular weight excluding hydrogens is 280 g/mol. The van der Waals surface area contributed by atoms with Crippen molar-refractivity contribution in [2.75, 3.05) is 26.7 Å². The molecule has 0 aromatic heterocycles. The molecule has 1 aromatic rings. The summed E-state index contributed by atoms with van der Waals surface area (Å²) >= 11 is 0. The number of carbonyl (C=O) groups excluding carboxylic acids is 2. The van der Waals surface area contributed by atoms with Gasteiger partial charge in [0.25, 0.3) is 0 Å². The topological polar surface area (TPSA) is 58.6 Å². The van der Waals surface area contributed by atoms with Crippen molar-refractivity contribution in [1.82, 2.24) is 10.2 Å². The number of nitrogens with zero attached hydrogens (tertiary/aromatic N) is 1. The Morgan fingerprint density at radius 3 is 2.82 bits per heavy atom. The van der Waals surface area contributed by atoms with E-state index in [2.05, 4.69) is 5.32 Å². The first kappa shape index (κ1) is 16.1. The summed E-state index contributed by atoms with van der Waals surface area (Å²) in [6.07, 6.45) is 5.72. The van der Waals surface area contributed by atoms with Gasteiger partial charge < -0.3 is 15.0 Å². The standard InChI is InChI=1S/C17H22N2O3/c1-22-15-6-4-5-14(13-15)7-8-16(20)18-10-9-17(21)19-11-2-3-12-19/h4-8,13H,2-3,9-12H2,1H3,(H,18,20)/b8-7+. The number of nitrogens with one attached hydrogen (secondary N) is 1. The van der Waals surface area contributed by atoms with Gasteiger partial charge in [0.2, 0.25) is 11.8 Å². The van der Waals surface area contributed by atoms with E-state index in [0.717, 1.165) is 37.2 Å². The summed E-state index contributed by atoms with van der Waals surface area (Å²) in [5.74, 6) is 0.672. The molecule has 0 unspecified atom stereocenters. The maximum atomic E-state index is 11.8. The number of methoxy groups -OCH3 is 1. The van der Waals surface area contributed by atoms with E-state index < -0.39 is 0 Å². The van der Waals surface area contributed by atoms with E-state index in [1.54, 1.807) is 13.2 Å². The molecule has 5 nitrogen and oxygen atoms in total. The SMILES string of the molecule is COc1cccc(/C=C/C(=O)NCCC(=O)N2CCCC2)c1. The van der Waals surface area contributed by atoms with E-state index in [1.807, 2.05) is 29.2 Å². The molecule has 2 rings (SSSR count). The lowest BCUT2D eigenvalue weighted by molar-refractivity contribution is -0.130. The van der Waals surface area contributed by atoms with Crippen molar-refractivity contribution in [1.29, 1.82) is 0 Å². The van der Waals surface area contributed by atoms with Crippen LogP contribution in [0.2, 0.25) is 0 Å². The maximum Gasteiger partial charge on any atom is 0.244 e. The largest absolute Gasteiger partial charge is 0.497 e. The number of amides is 2. The van der Waals surface area contributed by atoms with Gasteiger partial charge in [-0.2, -0.15) is 0 Å². The summed E-state index contributed by atoms with van der Waals surface area (Å²) in [6.45, 7) is 2.07. The van der Waals surface area contributed by atoms with E-state index in [4.69, 9.17) is 4.74 Å². The quantitative estimate of drug-likeness (QED) is 0.816. The van der Waals surface area contributed by atoms with Crippen LogP contribution in [0.5, 0.6) is 5.75 Å². The summed E-state index contributed by atoms with van der Waals surface area (Å²) in [4.78, 5) is 25.4. The van der Waals surface area contributed by atoms with Gasteiger partial charge in [0.1, 0.15) is 5.75 Å². The average molecular weight is 302 g/mol. The lowest BCUT2D eigenvalue weighted by Crippen LogP contribution is -2.32. The van der Waals surface area contributed by atoms with Gasteiger partial charge in [-0.05, 0) is 36.6 Å². The minimum absolute atomic E-state index is 0.120. The Kier molecular flexibility index (Phi) is 6.01. The first-order valence-electron chi connectivity index (χ1n) is 7.57. The Morgan fingerprint density at radius 2 is 2.09 bits per heavy atom. The van der Waals surface area contributed by atoms with Gasteiger partial charge in [0, 0.05) is 32.1 Å². The molecule has 0 bridgehead atoms. The zero-order valence-corrected chi connectivity index (χ0v) is 12.9. The molecule has 0 aliphatic carbocycles. The summed E-state index contributed by atoms with van der Waals surface area (Å²) in [5.41, 5.74) is 0.891. The Bertz CT molecular complexity index is 549. The molecule has 1 aliphatic heterocycles. The van der Waals surface area contributed by atoms with Gasteiger partial charge in [-0.1, -0.05) is 12.1 Å². The Morgan fingerprint density at radius 1 is 1.32 bits per heavy atom. The molecule has 118 valence electrons. The zero-order valence-electron chi connectivity index (χ0n) is 12.9. The molecule has 0 radical (unpaired) electrons. The smallest absolute Gasteiger partial charge is 0.244 e. The van der Waals surface area contributed by atoms with Crippen LogP contribution in [0.4, 0.5) is 0 Å². The second kappa shape index (κ2) is 8.22. The average Bonchev–Trinajstić information content (AvgIpc) is 3.07. The fraction of sp³-hybridized carbons (Fsp3) is 0.412. The van der Waals surface area contributed by atoms with Crippen molar-refractivity contribution in [2.24, 2.45) is 0 Å². The van der Waals surface area contributed by atoms with E-state index in [0.29, 0.717) is 13.0 Å². The monoisotopic (exact) mass is 302 g/mol. The Balaban J connectivity index is 1.72. The maximum absolute atomic E-state index is 11.8. The normalized spacial score (nSPS) is 14.3. The molecule has 1 N–H and O–H groups in total. The van der Waals surface area contributed by atoms with Crippen LogP contribution in [-0.2, 0) is 9.59 Å². The minimum Gasteiger partial charge on any atom is -0.497 e. The van der Waals surface area contributed by atoms with Crippen LogP contribution in [0.3, 0.4) is 0 Å². The molecule has 1 saturated heterocycles. The Hall–Kier alpha value is -2.30. The number of benzene rings is 1. The molecule has 0 spiro atoms. The lowest BCUT2D eigenvalue weighted by atomic mass is 10.2. The van der Waals surface area contributed by atoms with Crippen molar-refractivity contribution >= 4 is 17.9 Å². The summed E-state index contributed by atoms with van der Waals surface area (Å²) in [6, 6.07) is 7.45. The number of carbonyl (C=O) groups is 2. The number of hydrogen-bond acceptors (Lipinski definition) is 3. The molecule has 0 atom stereocenters. The summed E-state index contributed by atoms with van der Waals surface area (Å²) in [5, 5.41) is 2.73. The molecule has 0 saturated carbocycles. The van der Waals surface area contributed by atoms with Gasteiger partial charge in [-0.25, -0.2) is 0 Å². The molecule has 22 heavy (non-hydrogen) atoms. The fourth-order valence-electron chi connectivity index (χ4n) is 2.39. The first-order valence-corrected chi connectivity index (χ1v) is 7.57. The van der Waals surface area contributed by atoms with E-state index in [1.165, 1.54) is 6.08 Å². The molecule has 1 fully saturated rings. The van der Waals surface area contributed by atoms with E-state index >= 15 is 0 Å². The number of hydrogen-bond donors (Lipinski definition) is 1. The summed E-state index contributed by atoms with van der Waals surface area (Å²) < 4.78 is 5.13. The van der Waals surface area contributed by atoms with Crippen LogP contribution in [-0.4, -0.2) is 43.5 Å². The van der Waals surface area contributed by atoms with Crippen LogP contribution >= 0.6 is 0 Å². The van der Waals surface area contributed by atoms with Gasteiger partial charge in [0.15, 0.2) is 0 Å². The van der Waals surface area contributed by atoms with Crippen molar-refractivity contribution in [2.45, 2.75) is 19.3 Å². The molecule has 1 aromatic carbocycles. The molecule has 1 heterocycles. The van der Waals surface area contributed by atoms with Gasteiger partial charge in [-0.15, -0.1) is 0 Å². The highest BCUT2D eigenvalue weighted by molar-refractivity contribution is 5.92. The van der Waals surface area contributed by atoms with Crippen molar-refractivity contribution < 1.29 is 14.3 Å². The third kappa shape index (κ3) is 4.91. The van der Waals surface area contributed by atoms with Gasteiger partial charge in [0.05, 0.1) is 7.11 Å². The van der Waals surface area contributed by atoms with E-state index in [9.17, 15) is 9.59 Å². The summed E-state index contributed by atoms with van der Waals surface area (Å²) in [7, 11) is 1.60. The highest BCUT2D eigenvalue weighted by Gasteiger charge is 2.17. The van der Waals surface area contributed by atoms with Gasteiger partial charge in [-0.3, -0.25) is 9.59 Å². The van der Waals surface area contributed by atoms with Gasteiger partial charge >= 0.3 is 0 Å². The van der Waals surface area contributed by atoms with Crippen molar-refractivity contribution in [3.05, 3.63) is 35.9 Å². The number of likely N-dealkylation sites (tertiary alicyclic amines) is 1. The molecule has 5 heteroatoms. The predicted molar refractivity (Wildman–Crippen MR) is 85.5 cm³/mol. The van der Waals surface area contributed by atoms with Crippen LogP contribution in [0, 0.1) is 0 Å². The minimum atomic E-state index is -0.197. The molecular formula is C17H22N2O3. The predicted octanol–water partition coefficient (Wildman–Crippen LogP) is 1.84. The highest BCUT2D eigenvalue weighted by atomic mass is 16.5.